The Kier molecular flexibility index (Phi) is 7.34. The predicted molar refractivity (Wildman–Crippen MR) is 133 cm³/mol. The Balaban J connectivity index is 1.58. The first kappa shape index (κ1) is 23.6. The molecule has 0 atom stereocenters. The summed E-state index contributed by atoms with van der Waals surface area (Å²) in [5.74, 6) is 1.43. The Labute approximate surface area is 206 Å². The number of amides is 1. The monoisotopic (exact) mass is 495 g/mol. The molecule has 4 aromatic rings. The second-order valence-corrected chi connectivity index (χ2v) is 8.59. The molecular formula is C24H22ClN5O3S. The molecule has 0 aliphatic heterocycles. The van der Waals surface area contributed by atoms with Crippen LogP contribution in [0.5, 0.6) is 11.5 Å². The number of nitrogens with one attached hydrogen (secondary N) is 1. The van der Waals surface area contributed by atoms with Gasteiger partial charge in [-0.3, -0.25) is 14.3 Å². The Morgan fingerprint density at radius 1 is 1.03 bits per heavy atom. The molecule has 2 heterocycles. The summed E-state index contributed by atoms with van der Waals surface area (Å²) in [5.41, 5.74) is 3.37. The minimum absolute atomic E-state index is 0.104. The second-order valence-electron chi connectivity index (χ2n) is 7.24. The SMILES string of the molecule is COc1cc(OC)c(NC(=O)CSc2nnc(-c3ccncc3)n2-c2ccc(C)cc2)cc1Cl. The first-order valence-electron chi connectivity index (χ1n) is 10.3. The number of pyridine rings is 1. The first-order chi connectivity index (χ1) is 16.5. The van der Waals surface area contributed by atoms with Crippen molar-refractivity contribution in [1.82, 2.24) is 19.7 Å². The van der Waals surface area contributed by atoms with Crippen molar-refractivity contribution in [3.63, 3.8) is 0 Å². The van der Waals surface area contributed by atoms with Crippen LogP contribution in [0.25, 0.3) is 17.1 Å². The lowest BCUT2D eigenvalue weighted by atomic mass is 10.2. The van der Waals surface area contributed by atoms with Crippen LogP contribution in [-0.4, -0.2) is 45.6 Å². The smallest absolute Gasteiger partial charge is 0.234 e. The number of carbonyl (C=O) groups excluding carboxylic acids is 1. The topological polar surface area (TPSA) is 91.2 Å². The third-order valence-electron chi connectivity index (χ3n) is 4.94. The van der Waals surface area contributed by atoms with E-state index >= 15 is 0 Å². The number of aryl methyl sites for hydroxylation is 1. The molecule has 0 unspecified atom stereocenters. The molecule has 8 nitrogen and oxygen atoms in total. The lowest BCUT2D eigenvalue weighted by Crippen LogP contribution is -2.15. The molecule has 0 bridgehead atoms. The summed E-state index contributed by atoms with van der Waals surface area (Å²) in [6.07, 6.45) is 3.41. The molecule has 1 amide bonds. The number of ether oxygens (including phenoxy) is 2. The molecule has 10 heteroatoms. The van der Waals surface area contributed by atoms with Gasteiger partial charge in [-0.1, -0.05) is 41.1 Å². The van der Waals surface area contributed by atoms with Crippen LogP contribution in [0.15, 0.2) is 66.1 Å². The van der Waals surface area contributed by atoms with Gasteiger partial charge in [0, 0.05) is 29.7 Å². The van der Waals surface area contributed by atoms with E-state index in [0.29, 0.717) is 33.2 Å². The largest absolute Gasteiger partial charge is 0.495 e. The summed E-state index contributed by atoms with van der Waals surface area (Å²) in [5, 5.41) is 12.5. The van der Waals surface area contributed by atoms with Crippen molar-refractivity contribution in [3.8, 4) is 28.6 Å². The molecule has 0 saturated heterocycles. The van der Waals surface area contributed by atoms with Crippen molar-refractivity contribution in [2.45, 2.75) is 12.1 Å². The Morgan fingerprint density at radius 2 is 1.74 bits per heavy atom. The standard InChI is InChI=1S/C24H22ClN5O3S/c1-15-4-6-17(7-5-15)30-23(16-8-10-26-11-9-16)28-29-24(30)34-14-22(31)27-19-12-18(25)20(32-2)13-21(19)33-3/h4-13H,14H2,1-3H3,(H,27,31). The third-order valence-corrected chi connectivity index (χ3v) is 6.17. The molecule has 2 aromatic heterocycles. The number of halogens is 1. The maximum Gasteiger partial charge on any atom is 0.234 e. The fourth-order valence-corrected chi connectivity index (χ4v) is 4.24. The molecule has 0 saturated carbocycles. The highest BCUT2D eigenvalue weighted by atomic mass is 35.5. The molecule has 0 aliphatic carbocycles. The zero-order valence-corrected chi connectivity index (χ0v) is 20.4. The van der Waals surface area contributed by atoms with Crippen molar-refractivity contribution in [3.05, 3.63) is 71.5 Å². The average Bonchev–Trinajstić information content (AvgIpc) is 3.28. The van der Waals surface area contributed by atoms with Gasteiger partial charge in [0.25, 0.3) is 0 Å². The number of anilines is 1. The van der Waals surface area contributed by atoms with Gasteiger partial charge < -0.3 is 14.8 Å². The van der Waals surface area contributed by atoms with E-state index in [4.69, 9.17) is 21.1 Å². The van der Waals surface area contributed by atoms with Crippen molar-refractivity contribution in [2.24, 2.45) is 0 Å². The highest BCUT2D eigenvalue weighted by Gasteiger charge is 2.18. The van der Waals surface area contributed by atoms with Gasteiger partial charge in [-0.2, -0.15) is 0 Å². The van der Waals surface area contributed by atoms with E-state index in [-0.39, 0.29) is 11.7 Å². The van der Waals surface area contributed by atoms with Crippen LogP contribution in [0.3, 0.4) is 0 Å². The average molecular weight is 496 g/mol. The van der Waals surface area contributed by atoms with E-state index in [1.165, 1.54) is 26.0 Å². The van der Waals surface area contributed by atoms with E-state index in [2.05, 4.69) is 20.5 Å². The maximum absolute atomic E-state index is 12.8. The lowest BCUT2D eigenvalue weighted by Gasteiger charge is -2.13. The van der Waals surface area contributed by atoms with Crippen molar-refractivity contribution >= 4 is 35.0 Å². The van der Waals surface area contributed by atoms with Crippen molar-refractivity contribution in [2.75, 3.05) is 25.3 Å². The maximum atomic E-state index is 12.8. The summed E-state index contributed by atoms with van der Waals surface area (Å²) >= 11 is 7.49. The van der Waals surface area contributed by atoms with Crippen LogP contribution in [0.1, 0.15) is 5.56 Å². The number of benzene rings is 2. The molecule has 0 spiro atoms. The van der Waals surface area contributed by atoms with E-state index in [1.807, 2.05) is 47.9 Å². The van der Waals surface area contributed by atoms with Crippen molar-refractivity contribution in [1.29, 1.82) is 0 Å². The molecule has 0 fully saturated rings. The van der Waals surface area contributed by atoms with E-state index < -0.39 is 0 Å². The summed E-state index contributed by atoms with van der Waals surface area (Å²) in [6, 6.07) is 15.0. The molecule has 0 aliphatic rings. The van der Waals surface area contributed by atoms with Gasteiger partial charge in [0.1, 0.15) is 11.5 Å². The summed E-state index contributed by atoms with van der Waals surface area (Å²) in [4.78, 5) is 16.8. The van der Waals surface area contributed by atoms with Crippen LogP contribution >= 0.6 is 23.4 Å². The molecule has 2 aromatic carbocycles. The summed E-state index contributed by atoms with van der Waals surface area (Å²) in [7, 11) is 3.03. The third kappa shape index (κ3) is 5.16. The number of hydrogen-bond donors (Lipinski definition) is 1. The zero-order valence-electron chi connectivity index (χ0n) is 18.8. The van der Waals surface area contributed by atoms with Gasteiger partial charge in [-0.15, -0.1) is 10.2 Å². The number of hydrogen-bond acceptors (Lipinski definition) is 7. The molecule has 0 radical (unpaired) electrons. The van der Waals surface area contributed by atoms with E-state index in [9.17, 15) is 4.79 Å². The first-order valence-corrected chi connectivity index (χ1v) is 11.6. The summed E-state index contributed by atoms with van der Waals surface area (Å²) < 4.78 is 12.5. The van der Waals surface area contributed by atoms with Crippen LogP contribution < -0.4 is 14.8 Å². The molecule has 174 valence electrons. The van der Waals surface area contributed by atoms with E-state index in [0.717, 1.165) is 16.8 Å². The fourth-order valence-electron chi connectivity index (χ4n) is 3.25. The second kappa shape index (κ2) is 10.6. The Morgan fingerprint density at radius 3 is 2.41 bits per heavy atom. The fraction of sp³-hybridized carbons (Fsp3) is 0.167. The number of thioether (sulfide) groups is 1. The van der Waals surface area contributed by atoms with Gasteiger partial charge in [0.15, 0.2) is 11.0 Å². The van der Waals surface area contributed by atoms with Crippen LogP contribution in [-0.2, 0) is 4.79 Å². The van der Waals surface area contributed by atoms with E-state index in [1.54, 1.807) is 24.5 Å². The van der Waals surface area contributed by atoms with Crippen LogP contribution in [0.2, 0.25) is 5.02 Å². The highest BCUT2D eigenvalue weighted by Crippen LogP contribution is 2.36. The Hall–Kier alpha value is -3.56. The minimum Gasteiger partial charge on any atom is -0.495 e. The van der Waals surface area contributed by atoms with Gasteiger partial charge in [-0.05, 0) is 37.3 Å². The Bertz CT molecular complexity index is 1300. The van der Waals surface area contributed by atoms with Gasteiger partial charge in [-0.25, -0.2) is 0 Å². The molecular weight excluding hydrogens is 474 g/mol. The highest BCUT2D eigenvalue weighted by molar-refractivity contribution is 7.99. The minimum atomic E-state index is -0.242. The quantitative estimate of drug-likeness (QED) is 0.342. The predicted octanol–water partition coefficient (Wildman–Crippen LogP) is 5.04. The number of carbonyl (C=O) groups is 1. The number of methoxy groups -OCH3 is 2. The van der Waals surface area contributed by atoms with Crippen LogP contribution in [0.4, 0.5) is 5.69 Å². The van der Waals surface area contributed by atoms with Gasteiger partial charge >= 0.3 is 0 Å². The van der Waals surface area contributed by atoms with Gasteiger partial charge in [0.05, 0.1) is 30.7 Å². The van der Waals surface area contributed by atoms with Crippen LogP contribution in [0, 0.1) is 6.92 Å². The molecule has 1 N–H and O–H groups in total. The zero-order chi connectivity index (χ0) is 24.1. The molecule has 4 rings (SSSR count). The number of aromatic nitrogens is 4. The lowest BCUT2D eigenvalue weighted by molar-refractivity contribution is -0.113. The number of rotatable bonds is 8. The van der Waals surface area contributed by atoms with Crippen molar-refractivity contribution < 1.29 is 14.3 Å². The number of nitrogens with zero attached hydrogens (tertiary/aromatic N) is 4. The molecule has 34 heavy (non-hydrogen) atoms. The van der Waals surface area contributed by atoms with Gasteiger partial charge in [0.2, 0.25) is 5.91 Å². The normalized spacial score (nSPS) is 10.7. The summed E-state index contributed by atoms with van der Waals surface area (Å²) in [6.45, 7) is 2.03.